The molecule has 0 aromatic heterocycles. The van der Waals surface area contributed by atoms with Crippen LogP contribution in [0.5, 0.6) is 0 Å². The van der Waals surface area contributed by atoms with E-state index in [2.05, 4.69) is 78.1 Å². The first kappa shape index (κ1) is 29.6. The molecule has 0 bridgehead atoms. The first-order valence-electron chi connectivity index (χ1n) is 12.6. The van der Waals surface area contributed by atoms with Crippen molar-refractivity contribution in [2.45, 2.75) is 36.2 Å². The minimum atomic E-state index is -1.06. The largest absolute Gasteiger partial charge is 0.480 e. The number of hydrogen-bond acceptors (Lipinski definition) is 5. The summed E-state index contributed by atoms with van der Waals surface area (Å²) >= 11 is 3.36. The molecule has 0 radical (unpaired) electrons. The van der Waals surface area contributed by atoms with Gasteiger partial charge >= 0.3 is 5.97 Å². The van der Waals surface area contributed by atoms with Crippen LogP contribution in [-0.4, -0.2) is 52.0 Å². The molecule has 3 aromatic carbocycles. The van der Waals surface area contributed by atoms with Crippen molar-refractivity contribution < 1.29 is 19.8 Å². The van der Waals surface area contributed by atoms with Gasteiger partial charge in [0.1, 0.15) is 6.04 Å². The zero-order valence-corrected chi connectivity index (χ0v) is 23.2. The Morgan fingerprint density at radius 2 is 1.37 bits per heavy atom. The Morgan fingerprint density at radius 3 is 1.82 bits per heavy atom. The number of carboxylic acids is 1. The fraction of sp³-hybridized carbons (Fsp3) is 0.290. The Hall–Kier alpha value is -3.00. The highest BCUT2D eigenvalue weighted by atomic mass is 32.2. The number of allylic oxidation sites excluding steroid dienone is 1. The van der Waals surface area contributed by atoms with Crippen LogP contribution in [0.2, 0.25) is 0 Å². The number of nitrogens with one attached hydrogen (secondary N) is 1. The van der Waals surface area contributed by atoms with Crippen LogP contribution in [-0.2, 0) is 14.3 Å². The Kier molecular flexibility index (Phi) is 12.0. The summed E-state index contributed by atoms with van der Waals surface area (Å²) in [6, 6.07) is 30.5. The van der Waals surface area contributed by atoms with E-state index in [4.69, 9.17) is 0 Å². The molecule has 38 heavy (non-hydrogen) atoms. The number of aliphatic hydroxyl groups excluding tert-OH is 1. The van der Waals surface area contributed by atoms with Crippen LogP contribution in [0.25, 0.3) is 0 Å². The molecule has 0 heterocycles. The summed E-state index contributed by atoms with van der Waals surface area (Å²) in [7, 11) is 0. The van der Waals surface area contributed by atoms with E-state index in [0.29, 0.717) is 18.6 Å². The Morgan fingerprint density at radius 1 is 0.868 bits per heavy atom. The van der Waals surface area contributed by atoms with Crippen LogP contribution < -0.4 is 5.32 Å². The van der Waals surface area contributed by atoms with Gasteiger partial charge in [0.25, 0.3) is 0 Å². The molecule has 0 fully saturated rings. The second-order valence-corrected chi connectivity index (χ2v) is 11.2. The minimum Gasteiger partial charge on any atom is -0.480 e. The van der Waals surface area contributed by atoms with Crippen molar-refractivity contribution in [1.29, 1.82) is 0 Å². The van der Waals surface area contributed by atoms with Crippen LogP contribution in [0.1, 0.15) is 36.0 Å². The highest BCUT2D eigenvalue weighted by Gasteiger charge is 2.36. The second-order valence-electron chi connectivity index (χ2n) is 8.86. The summed E-state index contributed by atoms with van der Waals surface area (Å²) in [5, 5.41) is 22.1. The van der Waals surface area contributed by atoms with Gasteiger partial charge in [0, 0.05) is 0 Å². The van der Waals surface area contributed by atoms with Crippen molar-refractivity contribution in [1.82, 2.24) is 5.32 Å². The lowest BCUT2D eigenvalue weighted by atomic mass is 9.84. The van der Waals surface area contributed by atoms with Crippen molar-refractivity contribution in [2.75, 3.05) is 17.8 Å². The molecule has 3 N–H and O–H groups in total. The summed E-state index contributed by atoms with van der Waals surface area (Å²) in [5.41, 5.74) is 3.58. The van der Waals surface area contributed by atoms with Crippen molar-refractivity contribution in [3.63, 3.8) is 0 Å². The van der Waals surface area contributed by atoms with E-state index in [1.165, 1.54) is 28.5 Å². The molecule has 7 heteroatoms. The molecule has 5 nitrogen and oxygen atoms in total. The third-order valence-electron chi connectivity index (χ3n) is 6.14. The lowest BCUT2D eigenvalue weighted by Gasteiger charge is -2.35. The Bertz CT molecular complexity index is 1060. The standard InChI is InChI=1S/C31H35NO4S2/c1-37-22-20-28(30(35)36)32-29(34)23-27(33)19-11-12-21-38-31(24-13-5-2-6-14-24,25-15-7-3-8-16-25)26-17-9-4-10-18-26/h2-11,13-19,27-28,33H,12,20-23H2,1H3,(H,32,34)(H,35,36)/t27?,28-/m1/s1. The van der Waals surface area contributed by atoms with Gasteiger partial charge in [-0.05, 0) is 47.3 Å². The van der Waals surface area contributed by atoms with Crippen molar-refractivity contribution >= 4 is 35.4 Å². The Labute approximate surface area is 233 Å². The normalized spacial score (nSPS) is 13.2. The second kappa shape index (κ2) is 15.4. The molecule has 0 aliphatic carbocycles. The van der Waals surface area contributed by atoms with Gasteiger partial charge < -0.3 is 15.5 Å². The summed E-state index contributed by atoms with van der Waals surface area (Å²) in [4.78, 5) is 23.6. The van der Waals surface area contributed by atoms with E-state index in [0.717, 1.165) is 5.75 Å². The van der Waals surface area contributed by atoms with E-state index in [1.807, 2.05) is 42.3 Å². The van der Waals surface area contributed by atoms with E-state index in [9.17, 15) is 19.8 Å². The number of carbonyl (C=O) groups excluding carboxylic acids is 1. The molecule has 0 saturated carbocycles. The van der Waals surface area contributed by atoms with Gasteiger partial charge in [-0.1, -0.05) is 103 Å². The highest BCUT2D eigenvalue weighted by molar-refractivity contribution is 8.00. The number of carbonyl (C=O) groups is 2. The number of aliphatic carboxylic acids is 1. The smallest absolute Gasteiger partial charge is 0.326 e. The lowest BCUT2D eigenvalue weighted by Crippen LogP contribution is -2.42. The van der Waals surface area contributed by atoms with Gasteiger partial charge in [-0.2, -0.15) is 11.8 Å². The number of rotatable bonds is 15. The quantitative estimate of drug-likeness (QED) is 0.128. The Balaban J connectivity index is 1.68. The minimum absolute atomic E-state index is 0.172. The zero-order chi connectivity index (χ0) is 27.2. The molecule has 0 spiro atoms. The topological polar surface area (TPSA) is 86.6 Å². The molecule has 3 aromatic rings. The summed E-state index contributed by atoms with van der Waals surface area (Å²) in [5.74, 6) is -0.119. The van der Waals surface area contributed by atoms with Crippen LogP contribution >= 0.6 is 23.5 Å². The van der Waals surface area contributed by atoms with Gasteiger partial charge in [-0.25, -0.2) is 4.79 Å². The first-order chi connectivity index (χ1) is 18.5. The zero-order valence-electron chi connectivity index (χ0n) is 21.5. The van der Waals surface area contributed by atoms with Crippen molar-refractivity contribution in [2.24, 2.45) is 0 Å². The maximum Gasteiger partial charge on any atom is 0.326 e. The van der Waals surface area contributed by atoms with Crippen LogP contribution in [0.3, 0.4) is 0 Å². The van der Waals surface area contributed by atoms with Crippen molar-refractivity contribution in [3.8, 4) is 0 Å². The number of thioether (sulfide) groups is 2. The highest BCUT2D eigenvalue weighted by Crippen LogP contribution is 2.48. The van der Waals surface area contributed by atoms with E-state index < -0.39 is 28.8 Å². The predicted octanol–water partition coefficient (Wildman–Crippen LogP) is 5.73. The molecule has 200 valence electrons. The number of aliphatic hydroxyl groups is 1. The number of benzene rings is 3. The fourth-order valence-corrected chi connectivity index (χ4v) is 6.25. The molecule has 0 aliphatic rings. The number of amides is 1. The molecule has 1 amide bonds. The number of hydrogen-bond donors (Lipinski definition) is 3. The van der Waals surface area contributed by atoms with Crippen LogP contribution in [0.15, 0.2) is 103 Å². The fourth-order valence-electron chi connectivity index (χ4n) is 4.31. The summed E-state index contributed by atoms with van der Waals surface area (Å²) < 4.78 is -0.404. The molecule has 0 aliphatic heterocycles. The van der Waals surface area contributed by atoms with Crippen molar-refractivity contribution in [3.05, 3.63) is 120 Å². The molecule has 3 rings (SSSR count). The van der Waals surface area contributed by atoms with Crippen LogP contribution in [0.4, 0.5) is 0 Å². The van der Waals surface area contributed by atoms with Crippen LogP contribution in [0, 0.1) is 0 Å². The summed E-state index contributed by atoms with van der Waals surface area (Å²) in [6.07, 6.45) is 5.29. The molecular formula is C31H35NO4S2. The number of carboxylic acid groups (broad SMARTS) is 1. The van der Waals surface area contributed by atoms with E-state index in [1.54, 1.807) is 6.08 Å². The maximum atomic E-state index is 12.2. The SMILES string of the molecule is CSCC[C@@H](NC(=O)CC(O)C=CCCSC(c1ccccc1)(c1ccccc1)c1ccccc1)C(=O)O. The monoisotopic (exact) mass is 549 g/mol. The third kappa shape index (κ3) is 8.25. The average Bonchev–Trinajstić information content (AvgIpc) is 2.94. The lowest BCUT2D eigenvalue weighted by molar-refractivity contribution is -0.142. The average molecular weight is 550 g/mol. The molecule has 1 unspecified atom stereocenters. The van der Waals surface area contributed by atoms with Gasteiger partial charge in [0.15, 0.2) is 0 Å². The third-order valence-corrected chi connectivity index (χ3v) is 8.36. The molecule has 0 saturated heterocycles. The van der Waals surface area contributed by atoms with Gasteiger partial charge in [0.2, 0.25) is 5.91 Å². The predicted molar refractivity (Wildman–Crippen MR) is 159 cm³/mol. The van der Waals surface area contributed by atoms with E-state index in [-0.39, 0.29) is 6.42 Å². The van der Waals surface area contributed by atoms with Gasteiger partial charge in [0.05, 0.1) is 17.3 Å². The maximum absolute atomic E-state index is 12.2. The van der Waals surface area contributed by atoms with E-state index >= 15 is 0 Å². The van der Waals surface area contributed by atoms with Gasteiger partial charge in [-0.15, -0.1) is 11.8 Å². The molecular weight excluding hydrogens is 514 g/mol. The molecule has 2 atom stereocenters. The van der Waals surface area contributed by atoms with Gasteiger partial charge in [-0.3, -0.25) is 4.79 Å². The first-order valence-corrected chi connectivity index (χ1v) is 15.0. The summed E-state index contributed by atoms with van der Waals surface area (Å²) in [6.45, 7) is 0.